The Morgan fingerprint density at radius 2 is 2.32 bits per heavy atom. The number of carbonyl (C=O) groups is 1. The van der Waals surface area contributed by atoms with Gasteiger partial charge in [0.2, 0.25) is 5.91 Å². The minimum atomic E-state index is -0.0703. The average Bonchev–Trinajstić information content (AvgIpc) is 2.96. The van der Waals surface area contributed by atoms with Crippen LogP contribution in [-0.4, -0.2) is 70.7 Å². The second-order valence-corrected chi connectivity index (χ2v) is 6.29. The lowest BCUT2D eigenvalue weighted by Gasteiger charge is -2.32. The number of aliphatic hydroxyl groups is 1. The van der Waals surface area contributed by atoms with Crippen molar-refractivity contribution in [3.8, 4) is 0 Å². The zero-order valence-electron chi connectivity index (χ0n) is 13.7. The Bertz CT molecular complexity index is 472. The van der Waals surface area contributed by atoms with Gasteiger partial charge in [-0.2, -0.15) is 0 Å². The lowest BCUT2D eigenvalue weighted by atomic mass is 9.96. The molecule has 1 aromatic rings. The fraction of sp³-hybridized carbons (Fsp3) is 0.750. The number of imidazole rings is 1. The fourth-order valence-electron chi connectivity index (χ4n) is 3.10. The van der Waals surface area contributed by atoms with Gasteiger partial charge < -0.3 is 19.5 Å². The molecule has 2 heterocycles. The Hall–Kier alpha value is -1.40. The summed E-state index contributed by atoms with van der Waals surface area (Å²) in [7, 11) is 4.17. The first kappa shape index (κ1) is 17.0. The number of aliphatic hydroxyl groups excluding tert-OH is 1. The number of aryl methyl sites for hydroxylation is 1. The van der Waals surface area contributed by atoms with Gasteiger partial charge >= 0.3 is 0 Å². The molecule has 0 spiro atoms. The van der Waals surface area contributed by atoms with Crippen LogP contribution in [0.1, 0.15) is 37.4 Å². The molecule has 2 rings (SSSR count). The molecule has 1 amide bonds. The summed E-state index contributed by atoms with van der Waals surface area (Å²) in [5, 5.41) is 8.94. The molecule has 22 heavy (non-hydrogen) atoms. The van der Waals surface area contributed by atoms with E-state index in [-0.39, 0.29) is 18.9 Å². The van der Waals surface area contributed by atoms with E-state index in [4.69, 9.17) is 5.11 Å². The average molecular weight is 308 g/mol. The summed E-state index contributed by atoms with van der Waals surface area (Å²) in [5.74, 6) is 1.46. The van der Waals surface area contributed by atoms with Gasteiger partial charge in [-0.3, -0.25) is 4.79 Å². The minimum absolute atomic E-state index is 0.0536. The van der Waals surface area contributed by atoms with E-state index in [0.29, 0.717) is 5.92 Å². The van der Waals surface area contributed by atoms with Crippen LogP contribution in [0.15, 0.2) is 12.4 Å². The number of hydrogen-bond donors (Lipinski definition) is 1. The Morgan fingerprint density at radius 3 is 3.05 bits per heavy atom. The third-order valence-electron chi connectivity index (χ3n) is 4.22. The van der Waals surface area contributed by atoms with Gasteiger partial charge in [0.1, 0.15) is 5.82 Å². The molecule has 1 saturated heterocycles. The largest absolute Gasteiger partial charge is 0.396 e. The van der Waals surface area contributed by atoms with Crippen molar-refractivity contribution in [2.75, 3.05) is 40.3 Å². The van der Waals surface area contributed by atoms with Crippen LogP contribution in [0, 0.1) is 0 Å². The van der Waals surface area contributed by atoms with E-state index in [2.05, 4.69) is 28.5 Å². The highest BCUT2D eigenvalue weighted by molar-refractivity contribution is 5.76. The maximum Gasteiger partial charge on any atom is 0.224 e. The second-order valence-electron chi connectivity index (χ2n) is 6.29. The van der Waals surface area contributed by atoms with Crippen molar-refractivity contribution in [2.45, 2.75) is 38.1 Å². The van der Waals surface area contributed by atoms with Gasteiger partial charge in [0.15, 0.2) is 0 Å². The van der Waals surface area contributed by atoms with Crippen LogP contribution in [0.5, 0.6) is 0 Å². The predicted molar refractivity (Wildman–Crippen MR) is 85.7 cm³/mol. The van der Waals surface area contributed by atoms with Crippen LogP contribution in [0.25, 0.3) is 0 Å². The van der Waals surface area contributed by atoms with Crippen LogP contribution >= 0.6 is 0 Å². The molecule has 1 aromatic heterocycles. The molecule has 1 aliphatic heterocycles. The van der Waals surface area contributed by atoms with Crippen molar-refractivity contribution in [1.29, 1.82) is 0 Å². The molecule has 0 radical (unpaired) electrons. The standard InChI is InChI=1S/C16H28N4O2/c1-18(2)8-4-10-19-11-7-17-16(19)14-5-3-9-20(13-14)15(22)6-12-21/h7,11,14,21H,3-6,8-10,12-13H2,1-2H3/t14-/m0/s1. The molecule has 6 nitrogen and oxygen atoms in total. The molecule has 0 saturated carbocycles. The summed E-state index contributed by atoms with van der Waals surface area (Å²) in [6, 6.07) is 0. The van der Waals surface area contributed by atoms with Crippen LogP contribution in [0.3, 0.4) is 0 Å². The lowest BCUT2D eigenvalue weighted by Crippen LogP contribution is -2.40. The lowest BCUT2D eigenvalue weighted by molar-refractivity contribution is -0.133. The summed E-state index contributed by atoms with van der Waals surface area (Å²) in [5.41, 5.74) is 0. The number of piperidine rings is 1. The first-order valence-corrected chi connectivity index (χ1v) is 8.16. The molecule has 1 aliphatic rings. The summed E-state index contributed by atoms with van der Waals surface area (Å²) < 4.78 is 2.23. The topological polar surface area (TPSA) is 61.6 Å². The maximum atomic E-state index is 12.0. The number of nitrogens with zero attached hydrogens (tertiary/aromatic N) is 4. The minimum Gasteiger partial charge on any atom is -0.396 e. The van der Waals surface area contributed by atoms with Gasteiger partial charge in [-0.15, -0.1) is 0 Å². The van der Waals surface area contributed by atoms with E-state index < -0.39 is 0 Å². The van der Waals surface area contributed by atoms with Gasteiger partial charge in [-0.1, -0.05) is 0 Å². The van der Waals surface area contributed by atoms with Crippen molar-refractivity contribution >= 4 is 5.91 Å². The van der Waals surface area contributed by atoms with Crippen LogP contribution in [0.4, 0.5) is 0 Å². The Kier molecular flexibility index (Phi) is 6.39. The zero-order chi connectivity index (χ0) is 15.9. The summed E-state index contributed by atoms with van der Waals surface area (Å²) in [6.45, 7) is 3.48. The second kappa shape index (κ2) is 8.29. The third-order valence-corrected chi connectivity index (χ3v) is 4.22. The molecular formula is C16H28N4O2. The van der Waals surface area contributed by atoms with Crippen molar-refractivity contribution in [2.24, 2.45) is 0 Å². The van der Waals surface area contributed by atoms with Gasteiger partial charge in [0, 0.05) is 44.4 Å². The number of likely N-dealkylation sites (tertiary alicyclic amines) is 1. The highest BCUT2D eigenvalue weighted by atomic mass is 16.3. The van der Waals surface area contributed by atoms with Crippen LogP contribution < -0.4 is 0 Å². The molecule has 1 N–H and O–H groups in total. The van der Waals surface area contributed by atoms with Gasteiger partial charge in [-0.05, 0) is 39.9 Å². The zero-order valence-corrected chi connectivity index (χ0v) is 13.7. The SMILES string of the molecule is CN(C)CCCn1ccnc1[C@H]1CCCN(C(=O)CCO)C1. The van der Waals surface area contributed by atoms with Gasteiger partial charge in [0.25, 0.3) is 0 Å². The quantitative estimate of drug-likeness (QED) is 0.814. The Balaban J connectivity index is 1.96. The van der Waals surface area contributed by atoms with E-state index in [0.717, 1.165) is 51.3 Å². The first-order valence-electron chi connectivity index (χ1n) is 8.16. The maximum absolute atomic E-state index is 12.0. The smallest absolute Gasteiger partial charge is 0.224 e. The van der Waals surface area contributed by atoms with Gasteiger partial charge in [-0.25, -0.2) is 4.98 Å². The van der Waals surface area contributed by atoms with E-state index in [1.165, 1.54) is 0 Å². The number of amides is 1. The molecule has 6 heteroatoms. The molecule has 0 aliphatic carbocycles. The Morgan fingerprint density at radius 1 is 1.50 bits per heavy atom. The third kappa shape index (κ3) is 4.55. The first-order chi connectivity index (χ1) is 10.6. The molecule has 1 atom stereocenters. The molecule has 124 valence electrons. The molecular weight excluding hydrogens is 280 g/mol. The summed E-state index contributed by atoms with van der Waals surface area (Å²) in [6.07, 6.45) is 7.30. The normalized spacial score (nSPS) is 18.9. The summed E-state index contributed by atoms with van der Waals surface area (Å²) in [4.78, 5) is 20.6. The van der Waals surface area contributed by atoms with Crippen LogP contribution in [-0.2, 0) is 11.3 Å². The molecule has 1 fully saturated rings. The number of carbonyl (C=O) groups excluding carboxylic acids is 1. The Labute approximate surface area is 132 Å². The van der Waals surface area contributed by atoms with Crippen molar-refractivity contribution in [1.82, 2.24) is 19.4 Å². The van der Waals surface area contributed by atoms with Crippen molar-refractivity contribution in [3.05, 3.63) is 18.2 Å². The highest BCUT2D eigenvalue weighted by Gasteiger charge is 2.26. The number of hydrogen-bond acceptors (Lipinski definition) is 4. The van der Waals surface area contributed by atoms with E-state index in [1.54, 1.807) is 0 Å². The highest BCUT2D eigenvalue weighted by Crippen LogP contribution is 2.26. The van der Waals surface area contributed by atoms with E-state index in [9.17, 15) is 4.79 Å². The van der Waals surface area contributed by atoms with Crippen molar-refractivity contribution in [3.63, 3.8) is 0 Å². The van der Waals surface area contributed by atoms with E-state index >= 15 is 0 Å². The fourth-order valence-corrected chi connectivity index (χ4v) is 3.10. The van der Waals surface area contributed by atoms with Crippen molar-refractivity contribution < 1.29 is 9.90 Å². The molecule has 0 aromatic carbocycles. The van der Waals surface area contributed by atoms with Crippen LogP contribution in [0.2, 0.25) is 0 Å². The molecule has 0 unspecified atom stereocenters. The van der Waals surface area contributed by atoms with Gasteiger partial charge in [0.05, 0.1) is 6.61 Å². The van der Waals surface area contributed by atoms with E-state index in [1.807, 2.05) is 17.3 Å². The molecule has 0 bridgehead atoms. The summed E-state index contributed by atoms with van der Waals surface area (Å²) >= 11 is 0. The monoisotopic (exact) mass is 308 g/mol. The number of rotatable bonds is 7. The number of aromatic nitrogens is 2. The predicted octanol–water partition coefficient (Wildman–Crippen LogP) is 0.923.